The number of ether oxygens (including phenoxy) is 1. The Morgan fingerprint density at radius 2 is 1.70 bits per heavy atom. The number of hydrogen-bond acceptors (Lipinski definition) is 8. The topological polar surface area (TPSA) is 108 Å². The molecule has 1 N–H and O–H groups in total. The molecule has 2 aliphatic heterocycles. The van der Waals surface area contributed by atoms with Crippen LogP contribution in [0.5, 0.6) is 0 Å². The van der Waals surface area contributed by atoms with E-state index < -0.39 is 11.5 Å². The molecule has 2 fully saturated rings. The molecule has 0 spiro atoms. The summed E-state index contributed by atoms with van der Waals surface area (Å²) in [4.78, 5) is 44.1. The van der Waals surface area contributed by atoms with E-state index >= 15 is 0 Å². The van der Waals surface area contributed by atoms with Crippen molar-refractivity contribution in [1.29, 1.82) is 0 Å². The van der Waals surface area contributed by atoms with Gasteiger partial charge in [0.1, 0.15) is 10.6 Å². The molecule has 234 valence electrons. The molecule has 44 heavy (non-hydrogen) atoms. The van der Waals surface area contributed by atoms with Crippen LogP contribution in [0.2, 0.25) is 5.02 Å². The molecule has 1 atom stereocenters. The second-order valence-corrected chi connectivity index (χ2v) is 13.8. The van der Waals surface area contributed by atoms with Crippen LogP contribution in [0.15, 0.2) is 48.5 Å². The Morgan fingerprint density at radius 3 is 2.43 bits per heavy atom. The summed E-state index contributed by atoms with van der Waals surface area (Å²) < 4.78 is 5.54. The summed E-state index contributed by atoms with van der Waals surface area (Å²) in [5.41, 5.74) is 2.55. The molecule has 0 saturated carbocycles. The van der Waals surface area contributed by atoms with E-state index in [0.717, 1.165) is 54.3 Å². The van der Waals surface area contributed by atoms with E-state index in [1.165, 1.54) is 11.3 Å². The third-order valence-corrected chi connectivity index (χ3v) is 8.78. The van der Waals surface area contributed by atoms with Crippen molar-refractivity contribution in [3.05, 3.63) is 69.7 Å². The van der Waals surface area contributed by atoms with Gasteiger partial charge in [0.2, 0.25) is 16.9 Å². The standard InChI is InChI=1S/C32H39ClN6O4S/c1-32(2,3)43-31(42)38-16-4-15-37(17-18-38)20-23-7-12-26(13-8-23)39-21-24(19-28(39)40)29(41)34-30-36-35-27(44-30)14-9-22-5-10-25(33)11-6-22/h5-8,10-13,24H,4,9,14-21H2,1-3H3,(H,34,36,41). The van der Waals surface area contributed by atoms with Gasteiger partial charge in [-0.15, -0.1) is 10.2 Å². The molecule has 1 unspecified atom stereocenters. The number of carbonyl (C=O) groups excluding carboxylic acids is 3. The van der Waals surface area contributed by atoms with E-state index in [1.807, 2.05) is 69.3 Å². The van der Waals surface area contributed by atoms with Gasteiger partial charge in [0.25, 0.3) is 0 Å². The molecule has 0 bridgehead atoms. The number of carbonyl (C=O) groups is 3. The summed E-state index contributed by atoms with van der Waals surface area (Å²) in [5.74, 6) is -0.762. The fourth-order valence-electron chi connectivity index (χ4n) is 5.33. The Labute approximate surface area is 267 Å². The molecule has 3 aromatic rings. The van der Waals surface area contributed by atoms with Crippen LogP contribution in [0.1, 0.15) is 49.7 Å². The Kier molecular flexibility index (Phi) is 10.2. The largest absolute Gasteiger partial charge is 0.444 e. The van der Waals surface area contributed by atoms with Crippen LogP contribution in [-0.4, -0.2) is 76.2 Å². The number of amides is 3. The molecule has 2 aliphatic rings. The quantitative estimate of drug-likeness (QED) is 0.351. The van der Waals surface area contributed by atoms with Gasteiger partial charge in [0, 0.05) is 62.8 Å². The van der Waals surface area contributed by atoms with Crippen LogP contribution >= 0.6 is 22.9 Å². The molecule has 3 heterocycles. The molecule has 2 saturated heterocycles. The first-order chi connectivity index (χ1) is 21.0. The first-order valence-electron chi connectivity index (χ1n) is 15.0. The number of hydrogen-bond donors (Lipinski definition) is 1. The Bertz CT molecular complexity index is 1460. The van der Waals surface area contributed by atoms with Crippen molar-refractivity contribution < 1.29 is 19.1 Å². The third kappa shape index (κ3) is 8.77. The lowest BCUT2D eigenvalue weighted by Gasteiger charge is -2.26. The Hall–Kier alpha value is -3.54. The van der Waals surface area contributed by atoms with E-state index in [1.54, 1.807) is 9.80 Å². The number of rotatable bonds is 8. The maximum Gasteiger partial charge on any atom is 0.410 e. The summed E-state index contributed by atoms with van der Waals surface area (Å²) in [6, 6.07) is 15.6. The van der Waals surface area contributed by atoms with Crippen molar-refractivity contribution in [3.63, 3.8) is 0 Å². The summed E-state index contributed by atoms with van der Waals surface area (Å²) in [6.45, 7) is 9.67. The zero-order valence-electron chi connectivity index (χ0n) is 25.4. The van der Waals surface area contributed by atoms with Gasteiger partial charge in [-0.3, -0.25) is 14.5 Å². The summed E-state index contributed by atoms with van der Waals surface area (Å²) >= 11 is 7.31. The van der Waals surface area contributed by atoms with Crippen molar-refractivity contribution in [2.75, 3.05) is 42.9 Å². The normalized spacial score (nSPS) is 17.9. The average Bonchev–Trinajstić information content (AvgIpc) is 3.51. The maximum absolute atomic E-state index is 13.0. The van der Waals surface area contributed by atoms with E-state index in [4.69, 9.17) is 16.3 Å². The van der Waals surface area contributed by atoms with Gasteiger partial charge in [0.15, 0.2) is 0 Å². The minimum Gasteiger partial charge on any atom is -0.444 e. The lowest BCUT2D eigenvalue weighted by molar-refractivity contribution is -0.122. The molecular formula is C32H39ClN6O4S. The molecule has 2 aromatic carbocycles. The van der Waals surface area contributed by atoms with Gasteiger partial charge in [-0.2, -0.15) is 0 Å². The van der Waals surface area contributed by atoms with Crippen molar-refractivity contribution in [2.45, 2.75) is 58.6 Å². The van der Waals surface area contributed by atoms with Crippen LogP contribution < -0.4 is 10.2 Å². The lowest BCUT2D eigenvalue weighted by atomic mass is 10.1. The van der Waals surface area contributed by atoms with Gasteiger partial charge in [-0.05, 0) is 69.0 Å². The maximum atomic E-state index is 13.0. The number of halogens is 1. The van der Waals surface area contributed by atoms with Gasteiger partial charge in [-0.1, -0.05) is 47.2 Å². The second-order valence-electron chi connectivity index (χ2n) is 12.3. The highest BCUT2D eigenvalue weighted by Gasteiger charge is 2.35. The van der Waals surface area contributed by atoms with Crippen molar-refractivity contribution >= 4 is 51.7 Å². The summed E-state index contributed by atoms with van der Waals surface area (Å²) in [5, 5.41) is 13.2. The molecule has 0 radical (unpaired) electrons. The van der Waals surface area contributed by atoms with Crippen LogP contribution in [0.3, 0.4) is 0 Å². The monoisotopic (exact) mass is 638 g/mol. The first-order valence-corrected chi connectivity index (χ1v) is 16.2. The number of nitrogens with one attached hydrogen (secondary N) is 1. The number of aromatic nitrogens is 2. The summed E-state index contributed by atoms with van der Waals surface area (Å²) in [7, 11) is 0. The molecule has 3 amide bonds. The SMILES string of the molecule is CC(C)(C)OC(=O)N1CCCN(Cc2ccc(N3CC(C(=O)Nc4nnc(CCc5ccc(Cl)cc5)s4)CC3=O)cc2)CC1. The number of anilines is 2. The predicted octanol–water partition coefficient (Wildman–Crippen LogP) is 5.41. The van der Waals surface area contributed by atoms with E-state index in [-0.39, 0.29) is 24.3 Å². The highest BCUT2D eigenvalue weighted by Crippen LogP contribution is 2.27. The number of nitrogens with zero attached hydrogens (tertiary/aromatic N) is 5. The van der Waals surface area contributed by atoms with Crippen LogP contribution in [0.4, 0.5) is 15.6 Å². The molecule has 5 rings (SSSR count). The fraction of sp³-hybridized carbons (Fsp3) is 0.469. The summed E-state index contributed by atoms with van der Waals surface area (Å²) in [6.07, 6.45) is 2.28. The first kappa shape index (κ1) is 31.9. The van der Waals surface area contributed by atoms with Crippen LogP contribution in [0, 0.1) is 5.92 Å². The Balaban J connectivity index is 1.09. The van der Waals surface area contributed by atoms with Gasteiger partial charge in [-0.25, -0.2) is 4.79 Å². The van der Waals surface area contributed by atoms with E-state index in [0.29, 0.717) is 36.2 Å². The van der Waals surface area contributed by atoms with E-state index in [2.05, 4.69) is 20.4 Å². The zero-order valence-corrected chi connectivity index (χ0v) is 27.0. The molecular weight excluding hydrogens is 600 g/mol. The van der Waals surface area contributed by atoms with Crippen molar-refractivity contribution in [3.8, 4) is 0 Å². The zero-order chi connectivity index (χ0) is 31.3. The highest BCUT2D eigenvalue weighted by molar-refractivity contribution is 7.15. The van der Waals surface area contributed by atoms with E-state index in [9.17, 15) is 14.4 Å². The Morgan fingerprint density at radius 1 is 0.977 bits per heavy atom. The number of aryl methyl sites for hydroxylation is 2. The molecule has 10 nitrogen and oxygen atoms in total. The van der Waals surface area contributed by atoms with Crippen molar-refractivity contribution in [2.24, 2.45) is 5.92 Å². The minimum absolute atomic E-state index is 0.0754. The lowest BCUT2D eigenvalue weighted by Crippen LogP contribution is -2.39. The van der Waals surface area contributed by atoms with Gasteiger partial charge in [0.05, 0.1) is 5.92 Å². The predicted molar refractivity (Wildman–Crippen MR) is 172 cm³/mol. The fourth-order valence-corrected chi connectivity index (χ4v) is 6.19. The van der Waals surface area contributed by atoms with Crippen molar-refractivity contribution in [1.82, 2.24) is 20.0 Å². The number of benzene rings is 2. The average molecular weight is 639 g/mol. The molecule has 1 aromatic heterocycles. The van der Waals surface area contributed by atoms with Crippen LogP contribution in [0.25, 0.3) is 0 Å². The van der Waals surface area contributed by atoms with Crippen LogP contribution in [-0.2, 0) is 33.7 Å². The van der Waals surface area contributed by atoms with Gasteiger partial charge >= 0.3 is 6.09 Å². The molecule has 12 heteroatoms. The molecule has 0 aliphatic carbocycles. The van der Waals surface area contributed by atoms with Gasteiger partial charge < -0.3 is 19.9 Å². The smallest absolute Gasteiger partial charge is 0.410 e. The third-order valence-electron chi connectivity index (χ3n) is 7.63. The minimum atomic E-state index is -0.506. The second kappa shape index (κ2) is 14.0. The highest BCUT2D eigenvalue weighted by atomic mass is 35.5.